The lowest BCUT2D eigenvalue weighted by Gasteiger charge is -2.11. The molecule has 1 aliphatic carbocycles. The van der Waals surface area contributed by atoms with Crippen LogP contribution in [0, 0.1) is 6.92 Å². The number of carbonyl (C=O) groups excluding carboxylic acids is 1. The number of aromatic nitrogens is 4. The van der Waals surface area contributed by atoms with Crippen molar-refractivity contribution >= 4 is 17.2 Å². The molecule has 0 aliphatic heterocycles. The maximum Gasteiger partial charge on any atom is 0.274 e. The minimum absolute atomic E-state index is 0.00514. The number of nitrogens with zero attached hydrogens (tertiary/aromatic N) is 4. The number of imidazole rings is 1. The lowest BCUT2D eigenvalue weighted by Crippen LogP contribution is -2.23. The van der Waals surface area contributed by atoms with Gasteiger partial charge in [-0.1, -0.05) is 17.3 Å². The number of aryl methyl sites for hydroxylation is 1. The number of aliphatic hydroxyl groups is 1. The zero-order valence-electron chi connectivity index (χ0n) is 19.1. The van der Waals surface area contributed by atoms with E-state index in [1.54, 1.807) is 34.9 Å². The van der Waals surface area contributed by atoms with Crippen LogP contribution in [0.4, 0.5) is 18.9 Å². The lowest BCUT2D eigenvalue weighted by atomic mass is 10.1. The summed E-state index contributed by atoms with van der Waals surface area (Å²) in [5.74, 6) is -0.171. The van der Waals surface area contributed by atoms with Crippen LogP contribution in [0.15, 0.2) is 47.2 Å². The highest BCUT2D eigenvalue weighted by atomic mass is 19.3. The highest BCUT2D eigenvalue weighted by molar-refractivity contribution is 6.04. The van der Waals surface area contributed by atoms with Gasteiger partial charge >= 0.3 is 0 Å². The summed E-state index contributed by atoms with van der Waals surface area (Å²) in [7, 11) is 0. The number of nitrogens with one attached hydrogen (secondary N) is 1. The van der Waals surface area contributed by atoms with E-state index >= 15 is 0 Å². The summed E-state index contributed by atoms with van der Waals surface area (Å²) in [6.07, 6.45) is -2.24. The van der Waals surface area contributed by atoms with Crippen molar-refractivity contribution in [2.24, 2.45) is 0 Å². The summed E-state index contributed by atoms with van der Waals surface area (Å²) >= 11 is 0. The van der Waals surface area contributed by atoms with E-state index in [1.165, 1.54) is 6.20 Å². The van der Waals surface area contributed by atoms with E-state index in [0.29, 0.717) is 34.7 Å². The summed E-state index contributed by atoms with van der Waals surface area (Å²) in [6, 6.07) is 8.64. The Morgan fingerprint density at radius 2 is 2.14 bits per heavy atom. The van der Waals surface area contributed by atoms with Gasteiger partial charge in [0.15, 0.2) is 0 Å². The fraction of sp³-hybridized carbons (Fsp3) is 0.333. The number of pyridine rings is 1. The molecule has 188 valence electrons. The van der Waals surface area contributed by atoms with E-state index in [-0.39, 0.29) is 24.1 Å². The number of fused-ring (bicyclic) bond motifs is 1. The predicted octanol–water partition coefficient (Wildman–Crippen LogP) is 3.91. The van der Waals surface area contributed by atoms with Crippen molar-refractivity contribution in [3.63, 3.8) is 0 Å². The third-order valence-corrected chi connectivity index (χ3v) is 5.87. The SMILES string of the molecule is Cc1ccc(-c2noc([C@H]3C[C@@H]3F)n2)cc1NC(=O)c1cnc2cc(COCC(O)C(F)F)ccn12. The number of benzene rings is 1. The van der Waals surface area contributed by atoms with Crippen molar-refractivity contribution < 1.29 is 32.3 Å². The molecular weight excluding hydrogens is 479 g/mol. The number of hydrogen-bond donors (Lipinski definition) is 2. The topological polar surface area (TPSA) is 115 Å². The van der Waals surface area contributed by atoms with Crippen molar-refractivity contribution in [1.29, 1.82) is 0 Å². The molecule has 1 aromatic carbocycles. The third kappa shape index (κ3) is 4.95. The van der Waals surface area contributed by atoms with Gasteiger partial charge in [-0.2, -0.15) is 4.98 Å². The van der Waals surface area contributed by atoms with Crippen LogP contribution in [0.25, 0.3) is 17.0 Å². The van der Waals surface area contributed by atoms with Gasteiger partial charge in [0.1, 0.15) is 23.6 Å². The smallest absolute Gasteiger partial charge is 0.274 e. The van der Waals surface area contributed by atoms with Crippen molar-refractivity contribution in [3.05, 3.63) is 65.4 Å². The highest BCUT2D eigenvalue weighted by Gasteiger charge is 2.43. The first kappa shape index (κ1) is 23.9. The minimum Gasteiger partial charge on any atom is -0.385 e. The van der Waals surface area contributed by atoms with E-state index in [4.69, 9.17) is 14.4 Å². The molecular formula is C24H22F3N5O4. The Balaban J connectivity index is 1.29. The van der Waals surface area contributed by atoms with Crippen LogP contribution in [0.1, 0.15) is 39.8 Å². The molecule has 3 atom stereocenters. The van der Waals surface area contributed by atoms with Gasteiger partial charge < -0.3 is 19.7 Å². The minimum atomic E-state index is -2.87. The molecule has 0 saturated heterocycles. The van der Waals surface area contributed by atoms with Gasteiger partial charge in [0.25, 0.3) is 12.3 Å². The van der Waals surface area contributed by atoms with Crippen LogP contribution >= 0.6 is 0 Å². The van der Waals surface area contributed by atoms with Gasteiger partial charge in [-0.3, -0.25) is 9.20 Å². The van der Waals surface area contributed by atoms with E-state index < -0.39 is 31.2 Å². The van der Waals surface area contributed by atoms with Gasteiger partial charge in [0.05, 0.1) is 25.3 Å². The molecule has 4 aromatic rings. The number of carbonyl (C=O) groups is 1. The average molecular weight is 501 g/mol. The van der Waals surface area contributed by atoms with Crippen LogP contribution in [0.2, 0.25) is 0 Å². The van der Waals surface area contributed by atoms with Gasteiger partial charge in [-0.15, -0.1) is 0 Å². The fourth-order valence-electron chi connectivity index (χ4n) is 3.66. The molecule has 0 radical (unpaired) electrons. The summed E-state index contributed by atoms with van der Waals surface area (Å²) < 4.78 is 49.9. The Hall–Kier alpha value is -3.77. The number of halogens is 3. The Morgan fingerprint density at radius 3 is 2.89 bits per heavy atom. The van der Waals surface area contributed by atoms with E-state index in [0.717, 1.165) is 5.56 Å². The number of rotatable bonds is 9. The number of hydrogen-bond acceptors (Lipinski definition) is 7. The average Bonchev–Trinajstić information content (AvgIpc) is 3.23. The summed E-state index contributed by atoms with van der Waals surface area (Å²) in [5, 5.41) is 15.9. The quantitative estimate of drug-likeness (QED) is 0.357. The predicted molar refractivity (Wildman–Crippen MR) is 122 cm³/mol. The first-order valence-corrected chi connectivity index (χ1v) is 11.2. The third-order valence-electron chi connectivity index (χ3n) is 5.87. The number of aliphatic hydroxyl groups excluding tert-OH is 1. The summed E-state index contributed by atoms with van der Waals surface area (Å²) in [6.45, 7) is 1.35. The zero-order valence-corrected chi connectivity index (χ0v) is 19.1. The Labute approximate surface area is 202 Å². The van der Waals surface area contributed by atoms with Crippen LogP contribution in [0.5, 0.6) is 0 Å². The van der Waals surface area contributed by atoms with Crippen LogP contribution < -0.4 is 5.32 Å². The van der Waals surface area contributed by atoms with Crippen LogP contribution in [-0.2, 0) is 11.3 Å². The number of amides is 1. The second-order valence-corrected chi connectivity index (χ2v) is 8.62. The van der Waals surface area contributed by atoms with E-state index in [9.17, 15) is 18.0 Å². The fourth-order valence-corrected chi connectivity index (χ4v) is 3.66. The molecule has 5 rings (SSSR count). The number of alkyl halides is 3. The zero-order chi connectivity index (χ0) is 25.4. The molecule has 1 unspecified atom stereocenters. The molecule has 0 bridgehead atoms. The molecule has 1 amide bonds. The van der Waals surface area contributed by atoms with E-state index in [1.807, 2.05) is 13.0 Å². The Kier molecular flexibility index (Phi) is 6.46. The van der Waals surface area contributed by atoms with Crippen molar-refractivity contribution in [2.45, 2.75) is 44.6 Å². The molecule has 1 saturated carbocycles. The molecule has 0 spiro atoms. The molecule has 3 aromatic heterocycles. The molecule has 2 N–H and O–H groups in total. The van der Waals surface area contributed by atoms with Crippen LogP contribution in [0.3, 0.4) is 0 Å². The first-order chi connectivity index (χ1) is 17.3. The summed E-state index contributed by atoms with van der Waals surface area (Å²) in [4.78, 5) is 21.6. The summed E-state index contributed by atoms with van der Waals surface area (Å²) in [5.41, 5.74) is 3.35. The van der Waals surface area contributed by atoms with Crippen molar-refractivity contribution in [3.8, 4) is 11.4 Å². The maximum absolute atomic E-state index is 13.3. The Bertz CT molecular complexity index is 1410. The first-order valence-electron chi connectivity index (χ1n) is 11.2. The molecule has 36 heavy (non-hydrogen) atoms. The van der Waals surface area contributed by atoms with Gasteiger partial charge in [0.2, 0.25) is 11.7 Å². The standard InChI is InChI=1S/C24H22F3N5O4/c1-12-2-3-14(22-30-24(36-31-22)15-8-16(15)25)7-17(12)29-23(34)18-9-28-20-6-13(4-5-32(18)20)10-35-11-19(33)21(26)27/h2-7,9,15-16,19,21,33H,8,10-11H2,1H3,(H,29,34)/t15-,16-,19?/m0/s1. The van der Waals surface area contributed by atoms with Crippen LogP contribution in [-0.4, -0.2) is 55.8 Å². The monoisotopic (exact) mass is 501 g/mol. The molecule has 1 fully saturated rings. The lowest BCUT2D eigenvalue weighted by molar-refractivity contribution is -0.0581. The molecule has 9 nitrogen and oxygen atoms in total. The van der Waals surface area contributed by atoms with Crippen molar-refractivity contribution in [2.75, 3.05) is 11.9 Å². The largest absolute Gasteiger partial charge is 0.385 e. The van der Waals surface area contributed by atoms with E-state index in [2.05, 4.69) is 20.4 Å². The molecule has 3 heterocycles. The number of anilines is 1. The normalized spacial score (nSPS) is 18.1. The second-order valence-electron chi connectivity index (χ2n) is 8.62. The molecule has 12 heteroatoms. The van der Waals surface area contributed by atoms with Gasteiger partial charge in [-0.05, 0) is 42.7 Å². The second kappa shape index (κ2) is 9.70. The van der Waals surface area contributed by atoms with Gasteiger partial charge in [-0.25, -0.2) is 18.2 Å². The van der Waals surface area contributed by atoms with Crippen molar-refractivity contribution in [1.82, 2.24) is 19.5 Å². The highest BCUT2D eigenvalue weighted by Crippen LogP contribution is 2.43. The molecule has 1 aliphatic rings. The van der Waals surface area contributed by atoms with Gasteiger partial charge in [0, 0.05) is 17.4 Å². The maximum atomic E-state index is 13.3. The number of ether oxygens (including phenoxy) is 1. The Morgan fingerprint density at radius 1 is 1.33 bits per heavy atom.